The van der Waals surface area contributed by atoms with Crippen LogP contribution in [-0.4, -0.2) is 73.9 Å². The van der Waals surface area contributed by atoms with Gasteiger partial charge in [0.1, 0.15) is 30.0 Å². The zero-order valence-electron chi connectivity index (χ0n) is 19.0. The van der Waals surface area contributed by atoms with E-state index >= 15 is 0 Å². The van der Waals surface area contributed by atoms with Gasteiger partial charge in [0.05, 0.1) is 13.7 Å². The average Bonchev–Trinajstić information content (AvgIpc) is 3.21. The van der Waals surface area contributed by atoms with Crippen LogP contribution < -0.4 is 14.2 Å². The van der Waals surface area contributed by atoms with Crippen LogP contribution in [0, 0.1) is 0 Å². The van der Waals surface area contributed by atoms with Crippen molar-refractivity contribution in [2.24, 2.45) is 0 Å². The minimum absolute atomic E-state index is 0.229. The first-order chi connectivity index (χ1) is 15.5. The molecule has 2 aromatic rings. The van der Waals surface area contributed by atoms with E-state index in [1.807, 2.05) is 60.5 Å². The first-order valence-corrected chi connectivity index (χ1v) is 11.2. The molecule has 1 heterocycles. The number of aliphatic hydroxyl groups is 1. The van der Waals surface area contributed by atoms with Crippen molar-refractivity contribution in [3.8, 4) is 17.2 Å². The Kier molecular flexibility index (Phi) is 9.19. The third-order valence-corrected chi connectivity index (χ3v) is 5.41. The lowest BCUT2D eigenvalue weighted by Crippen LogP contribution is -2.32. The summed E-state index contributed by atoms with van der Waals surface area (Å²) >= 11 is 0. The smallest absolute Gasteiger partial charge is 0.222 e. The summed E-state index contributed by atoms with van der Waals surface area (Å²) in [5, 5.41) is 10.3. The molecule has 7 nitrogen and oxygen atoms in total. The van der Waals surface area contributed by atoms with Gasteiger partial charge in [-0.2, -0.15) is 0 Å². The summed E-state index contributed by atoms with van der Waals surface area (Å²) in [5.74, 6) is 2.57. The molecule has 7 heteroatoms. The van der Waals surface area contributed by atoms with Crippen molar-refractivity contribution in [1.29, 1.82) is 0 Å². The number of carbonyl (C=O) groups is 1. The highest BCUT2D eigenvalue weighted by molar-refractivity contribution is 5.77. The fourth-order valence-electron chi connectivity index (χ4n) is 3.73. The van der Waals surface area contributed by atoms with Gasteiger partial charge in [-0.15, -0.1) is 0 Å². The van der Waals surface area contributed by atoms with Gasteiger partial charge in [-0.3, -0.25) is 9.69 Å². The van der Waals surface area contributed by atoms with Crippen LogP contribution in [0.3, 0.4) is 0 Å². The minimum atomic E-state index is -0.591. The lowest BCUT2D eigenvalue weighted by Gasteiger charge is -2.21. The zero-order chi connectivity index (χ0) is 22.8. The highest BCUT2D eigenvalue weighted by atomic mass is 16.5. The van der Waals surface area contributed by atoms with Gasteiger partial charge >= 0.3 is 0 Å². The highest BCUT2D eigenvalue weighted by Gasteiger charge is 2.19. The van der Waals surface area contributed by atoms with Crippen molar-refractivity contribution < 1.29 is 24.1 Å². The van der Waals surface area contributed by atoms with E-state index in [1.54, 1.807) is 7.11 Å². The Labute approximate surface area is 190 Å². The van der Waals surface area contributed by atoms with E-state index < -0.39 is 6.10 Å². The van der Waals surface area contributed by atoms with Gasteiger partial charge in [0, 0.05) is 32.6 Å². The van der Waals surface area contributed by atoms with E-state index in [0.29, 0.717) is 25.3 Å². The maximum atomic E-state index is 11.6. The van der Waals surface area contributed by atoms with Crippen molar-refractivity contribution in [3.63, 3.8) is 0 Å². The number of methoxy groups -OCH3 is 1. The molecule has 32 heavy (non-hydrogen) atoms. The van der Waals surface area contributed by atoms with E-state index in [2.05, 4.69) is 4.90 Å². The number of ether oxygens (including phenoxy) is 3. The van der Waals surface area contributed by atoms with Crippen LogP contribution in [0.5, 0.6) is 17.2 Å². The van der Waals surface area contributed by atoms with Gasteiger partial charge in [0.25, 0.3) is 0 Å². The molecule has 1 amide bonds. The normalized spacial score (nSPS) is 14.6. The van der Waals surface area contributed by atoms with Gasteiger partial charge < -0.3 is 24.2 Å². The molecule has 0 saturated carbocycles. The molecule has 1 aliphatic heterocycles. The number of likely N-dealkylation sites (N-methyl/N-ethyl adjacent to an activating group) is 1. The largest absolute Gasteiger partial charge is 0.497 e. The summed E-state index contributed by atoms with van der Waals surface area (Å²) in [4.78, 5) is 15.6. The maximum Gasteiger partial charge on any atom is 0.222 e. The molecule has 3 rings (SSSR count). The lowest BCUT2D eigenvalue weighted by atomic mass is 10.2. The Morgan fingerprint density at radius 1 is 1.03 bits per heavy atom. The Balaban J connectivity index is 1.32. The molecule has 1 atom stereocenters. The fraction of sp³-hybridized carbons (Fsp3) is 0.480. The van der Waals surface area contributed by atoms with E-state index in [0.717, 1.165) is 49.5 Å². The molecule has 1 N–H and O–H groups in total. The summed E-state index contributed by atoms with van der Waals surface area (Å²) in [6.07, 6.45) is 1.91. The lowest BCUT2D eigenvalue weighted by molar-refractivity contribution is -0.127. The Morgan fingerprint density at radius 2 is 1.69 bits per heavy atom. The molecule has 1 aliphatic rings. The summed E-state index contributed by atoms with van der Waals surface area (Å²) < 4.78 is 16.6. The van der Waals surface area contributed by atoms with Crippen LogP contribution in [-0.2, 0) is 11.3 Å². The molecule has 0 bridgehead atoms. The van der Waals surface area contributed by atoms with Crippen molar-refractivity contribution in [2.45, 2.75) is 31.9 Å². The average molecular weight is 443 g/mol. The third kappa shape index (κ3) is 7.73. The Bertz CT molecular complexity index is 825. The summed E-state index contributed by atoms with van der Waals surface area (Å²) in [6, 6.07) is 15.3. The molecular weight excluding hydrogens is 408 g/mol. The number of likely N-dealkylation sites (tertiary alicyclic amines) is 1. The van der Waals surface area contributed by atoms with E-state index in [1.165, 1.54) is 0 Å². The molecule has 0 aromatic heterocycles. The van der Waals surface area contributed by atoms with Crippen molar-refractivity contribution >= 4 is 5.91 Å². The second-order valence-electron chi connectivity index (χ2n) is 8.17. The van der Waals surface area contributed by atoms with E-state index in [-0.39, 0.29) is 12.5 Å². The molecule has 2 aromatic carbocycles. The SMILES string of the molecule is COc1ccc(OC[C@H](O)CN(C)Cc2ccc(OCCCN3CCCC3=O)cc2)cc1. The van der Waals surface area contributed by atoms with Gasteiger partial charge in [-0.1, -0.05) is 12.1 Å². The zero-order valence-corrected chi connectivity index (χ0v) is 19.0. The first-order valence-electron chi connectivity index (χ1n) is 11.2. The summed E-state index contributed by atoms with van der Waals surface area (Å²) in [6.45, 7) is 3.70. The standard InChI is InChI=1S/C25H34N2O5/c1-26(18-21(28)19-32-24-12-10-22(30-2)11-13-24)17-20-6-8-23(9-7-20)31-16-4-15-27-14-3-5-25(27)29/h6-13,21,28H,3-5,14-19H2,1-2H3/t21-/m1/s1. The topological polar surface area (TPSA) is 71.5 Å². The number of hydrogen-bond donors (Lipinski definition) is 1. The Hall–Kier alpha value is -2.77. The van der Waals surface area contributed by atoms with Crippen LogP contribution in [0.25, 0.3) is 0 Å². The van der Waals surface area contributed by atoms with Crippen molar-refractivity contribution in [1.82, 2.24) is 9.80 Å². The maximum absolute atomic E-state index is 11.6. The van der Waals surface area contributed by atoms with E-state index in [4.69, 9.17) is 14.2 Å². The van der Waals surface area contributed by atoms with Gasteiger partial charge in [-0.05, 0) is 61.9 Å². The molecule has 0 aliphatic carbocycles. The van der Waals surface area contributed by atoms with Crippen molar-refractivity contribution in [3.05, 3.63) is 54.1 Å². The van der Waals surface area contributed by atoms with Crippen LogP contribution in [0.4, 0.5) is 0 Å². The van der Waals surface area contributed by atoms with Crippen LogP contribution in [0.15, 0.2) is 48.5 Å². The second-order valence-corrected chi connectivity index (χ2v) is 8.17. The monoisotopic (exact) mass is 442 g/mol. The van der Waals surface area contributed by atoms with Crippen LogP contribution in [0.2, 0.25) is 0 Å². The minimum Gasteiger partial charge on any atom is -0.497 e. The molecule has 0 spiro atoms. The quantitative estimate of drug-likeness (QED) is 0.481. The van der Waals surface area contributed by atoms with Gasteiger partial charge in [-0.25, -0.2) is 0 Å². The molecule has 0 radical (unpaired) electrons. The number of benzene rings is 2. The molecule has 1 fully saturated rings. The Morgan fingerprint density at radius 3 is 2.34 bits per heavy atom. The third-order valence-electron chi connectivity index (χ3n) is 5.41. The first kappa shape index (κ1) is 23.9. The number of hydrogen-bond acceptors (Lipinski definition) is 6. The summed E-state index contributed by atoms with van der Waals surface area (Å²) in [5.41, 5.74) is 1.14. The molecule has 0 unspecified atom stereocenters. The second kappa shape index (κ2) is 12.3. The summed E-state index contributed by atoms with van der Waals surface area (Å²) in [7, 11) is 3.59. The number of carbonyl (C=O) groups excluding carboxylic acids is 1. The molecule has 1 saturated heterocycles. The van der Waals surface area contributed by atoms with Gasteiger partial charge in [0.15, 0.2) is 0 Å². The number of rotatable bonds is 13. The highest BCUT2D eigenvalue weighted by Crippen LogP contribution is 2.18. The predicted molar refractivity (Wildman–Crippen MR) is 123 cm³/mol. The molecule has 174 valence electrons. The van der Waals surface area contributed by atoms with Gasteiger partial charge in [0.2, 0.25) is 5.91 Å². The van der Waals surface area contributed by atoms with Crippen LogP contribution in [0.1, 0.15) is 24.8 Å². The fourth-order valence-corrected chi connectivity index (χ4v) is 3.73. The molecular formula is C25H34N2O5. The van der Waals surface area contributed by atoms with E-state index in [9.17, 15) is 9.90 Å². The predicted octanol–water partition coefficient (Wildman–Crippen LogP) is 2.96. The van der Waals surface area contributed by atoms with Crippen LogP contribution >= 0.6 is 0 Å². The number of nitrogens with zero attached hydrogens (tertiary/aromatic N) is 2. The van der Waals surface area contributed by atoms with Crippen molar-refractivity contribution in [2.75, 3.05) is 47.0 Å². The number of amides is 1. The number of aliphatic hydroxyl groups excluding tert-OH is 1.